The Morgan fingerprint density at radius 1 is 1.06 bits per heavy atom. The van der Waals surface area contributed by atoms with Gasteiger partial charge in [0.15, 0.2) is 19.7 Å². The van der Waals surface area contributed by atoms with Crippen molar-refractivity contribution in [3.8, 4) is 0 Å². The van der Waals surface area contributed by atoms with E-state index in [2.05, 4.69) is 5.32 Å². The van der Waals surface area contributed by atoms with E-state index in [-0.39, 0.29) is 9.79 Å². The average molecular weight is 291 g/mol. The van der Waals surface area contributed by atoms with Gasteiger partial charge in [-0.3, -0.25) is 0 Å². The molecule has 5 nitrogen and oxygen atoms in total. The maximum atomic E-state index is 11.8. The van der Waals surface area contributed by atoms with Crippen LogP contribution in [-0.4, -0.2) is 42.9 Å². The summed E-state index contributed by atoms with van der Waals surface area (Å²) in [5, 5.41) is 2.91. The molecule has 0 aliphatic carbocycles. The minimum absolute atomic E-state index is 0.0808. The second-order valence-corrected chi connectivity index (χ2v) is 8.08. The summed E-state index contributed by atoms with van der Waals surface area (Å²) in [5.74, 6) is 0. The third-order valence-electron chi connectivity index (χ3n) is 2.48. The van der Waals surface area contributed by atoms with Crippen LogP contribution in [0.4, 0.5) is 0 Å². The molecule has 0 aliphatic rings. The number of hydrogen-bond donors (Lipinski definition) is 1. The summed E-state index contributed by atoms with van der Waals surface area (Å²) in [4.78, 5) is -0.207. The van der Waals surface area contributed by atoms with Crippen molar-refractivity contribution < 1.29 is 16.8 Å². The van der Waals surface area contributed by atoms with Crippen LogP contribution in [-0.2, 0) is 26.1 Å². The molecule has 0 aromatic heterocycles. The van der Waals surface area contributed by atoms with Crippen molar-refractivity contribution in [1.82, 2.24) is 5.32 Å². The highest BCUT2D eigenvalue weighted by atomic mass is 32.2. The lowest BCUT2D eigenvalue weighted by Crippen LogP contribution is -2.15. The van der Waals surface area contributed by atoms with Gasteiger partial charge in [0.05, 0.1) is 9.79 Å². The quantitative estimate of drug-likeness (QED) is 0.841. The molecule has 0 unspecified atom stereocenters. The maximum Gasteiger partial charge on any atom is 0.177 e. The first kappa shape index (κ1) is 15.1. The number of rotatable bonds is 5. The minimum atomic E-state index is -3.58. The van der Waals surface area contributed by atoms with Gasteiger partial charge in [0.2, 0.25) is 0 Å². The monoisotopic (exact) mass is 291 g/mol. The molecule has 0 atom stereocenters. The zero-order valence-electron chi connectivity index (χ0n) is 10.6. The molecule has 0 saturated carbocycles. The molecule has 0 bridgehead atoms. The number of sulfone groups is 2. The number of benzene rings is 1. The topological polar surface area (TPSA) is 80.3 Å². The molecule has 1 rings (SSSR count). The highest BCUT2D eigenvalue weighted by Crippen LogP contribution is 2.25. The molecule has 18 heavy (non-hydrogen) atoms. The molecule has 0 aliphatic heterocycles. The Kier molecular flexibility index (Phi) is 4.52. The smallest absolute Gasteiger partial charge is 0.177 e. The Labute approximate surface area is 108 Å². The van der Waals surface area contributed by atoms with Crippen molar-refractivity contribution in [3.63, 3.8) is 0 Å². The second-order valence-electron chi connectivity index (χ2n) is 4.14. The zero-order chi connectivity index (χ0) is 14.0. The van der Waals surface area contributed by atoms with Crippen LogP contribution in [0.15, 0.2) is 28.0 Å². The van der Waals surface area contributed by atoms with Gasteiger partial charge in [0.1, 0.15) is 0 Å². The zero-order valence-corrected chi connectivity index (χ0v) is 12.2. The summed E-state index contributed by atoms with van der Waals surface area (Å²) in [6.45, 7) is 0.579. The fraction of sp³-hybridized carbons (Fsp3) is 0.455. The van der Waals surface area contributed by atoms with Gasteiger partial charge in [0.25, 0.3) is 0 Å². The van der Waals surface area contributed by atoms with Crippen LogP contribution < -0.4 is 5.32 Å². The Morgan fingerprint density at radius 3 is 2.11 bits per heavy atom. The SMILES string of the molecule is CNCCc1cccc(S(C)(=O)=O)c1S(C)(=O)=O. The summed E-state index contributed by atoms with van der Waals surface area (Å²) < 4.78 is 46.9. The van der Waals surface area contributed by atoms with Crippen LogP contribution in [0.25, 0.3) is 0 Å². The fourth-order valence-corrected chi connectivity index (χ4v) is 4.51. The van der Waals surface area contributed by atoms with Crippen molar-refractivity contribution >= 4 is 19.7 Å². The molecular formula is C11H17NO4S2. The van der Waals surface area contributed by atoms with Gasteiger partial charge in [-0.2, -0.15) is 0 Å². The summed E-state index contributed by atoms with van der Waals surface area (Å²) >= 11 is 0. The second kappa shape index (κ2) is 5.38. The van der Waals surface area contributed by atoms with Gasteiger partial charge in [-0.1, -0.05) is 12.1 Å². The van der Waals surface area contributed by atoms with E-state index in [0.29, 0.717) is 18.5 Å². The Balaban J connectivity index is 3.56. The number of hydrogen-bond acceptors (Lipinski definition) is 5. The molecule has 0 saturated heterocycles. The first-order chi connectivity index (χ1) is 8.18. The van der Waals surface area contributed by atoms with Crippen LogP contribution >= 0.6 is 0 Å². The van der Waals surface area contributed by atoms with E-state index in [4.69, 9.17) is 0 Å². The van der Waals surface area contributed by atoms with Gasteiger partial charge in [-0.25, -0.2) is 16.8 Å². The van der Waals surface area contributed by atoms with Crippen LogP contribution in [0.3, 0.4) is 0 Å². The van der Waals surface area contributed by atoms with Gasteiger partial charge in [-0.05, 0) is 31.6 Å². The average Bonchev–Trinajstić information content (AvgIpc) is 2.23. The molecule has 1 aromatic rings. The van der Waals surface area contributed by atoms with Gasteiger partial charge in [0, 0.05) is 12.5 Å². The molecule has 7 heteroatoms. The van der Waals surface area contributed by atoms with E-state index in [1.807, 2.05) is 0 Å². The molecule has 1 aromatic carbocycles. The van der Waals surface area contributed by atoms with E-state index in [1.54, 1.807) is 19.2 Å². The van der Waals surface area contributed by atoms with E-state index in [1.165, 1.54) is 6.07 Å². The lowest BCUT2D eigenvalue weighted by Gasteiger charge is -2.12. The predicted octanol–water partition coefficient (Wildman–Crippen LogP) is 0.256. The molecule has 0 spiro atoms. The third-order valence-corrected chi connectivity index (χ3v) is 4.97. The maximum absolute atomic E-state index is 11.8. The van der Waals surface area contributed by atoms with Crippen LogP contribution in [0.5, 0.6) is 0 Å². The van der Waals surface area contributed by atoms with Gasteiger partial charge >= 0.3 is 0 Å². The number of nitrogens with one attached hydrogen (secondary N) is 1. The van der Waals surface area contributed by atoms with Crippen molar-refractivity contribution in [2.24, 2.45) is 0 Å². The Hall–Kier alpha value is -0.920. The van der Waals surface area contributed by atoms with Crippen molar-refractivity contribution in [2.75, 3.05) is 26.1 Å². The molecular weight excluding hydrogens is 274 g/mol. The standard InChI is InChI=1S/C11H17NO4S2/c1-12-8-7-9-5-4-6-10(17(2,13)14)11(9)18(3,15)16/h4-6,12H,7-8H2,1-3H3. The normalized spacial score (nSPS) is 12.6. The summed E-state index contributed by atoms with van der Waals surface area (Å²) in [6, 6.07) is 4.53. The molecule has 0 amide bonds. The lowest BCUT2D eigenvalue weighted by molar-refractivity contribution is 0.586. The first-order valence-electron chi connectivity index (χ1n) is 5.34. The number of likely N-dealkylation sites (N-methyl/N-ethyl adjacent to an activating group) is 1. The van der Waals surface area contributed by atoms with E-state index >= 15 is 0 Å². The van der Waals surface area contributed by atoms with E-state index in [0.717, 1.165) is 12.5 Å². The summed E-state index contributed by atoms with van der Waals surface area (Å²) in [7, 11) is -5.40. The first-order valence-corrected chi connectivity index (χ1v) is 9.13. The summed E-state index contributed by atoms with van der Waals surface area (Å²) in [5.41, 5.74) is 0.523. The third kappa shape index (κ3) is 3.54. The van der Waals surface area contributed by atoms with Crippen molar-refractivity contribution in [2.45, 2.75) is 16.2 Å². The van der Waals surface area contributed by atoms with Crippen LogP contribution in [0.1, 0.15) is 5.56 Å². The highest BCUT2D eigenvalue weighted by Gasteiger charge is 2.23. The van der Waals surface area contributed by atoms with Gasteiger partial charge < -0.3 is 5.32 Å². The molecule has 0 heterocycles. The van der Waals surface area contributed by atoms with Crippen LogP contribution in [0.2, 0.25) is 0 Å². The van der Waals surface area contributed by atoms with E-state index < -0.39 is 19.7 Å². The summed E-state index contributed by atoms with van der Waals surface area (Å²) in [6.07, 6.45) is 2.50. The van der Waals surface area contributed by atoms with Crippen molar-refractivity contribution in [3.05, 3.63) is 23.8 Å². The van der Waals surface area contributed by atoms with E-state index in [9.17, 15) is 16.8 Å². The fourth-order valence-electron chi connectivity index (χ4n) is 1.73. The molecule has 0 radical (unpaired) electrons. The Bertz CT molecular complexity index is 633. The largest absolute Gasteiger partial charge is 0.319 e. The molecule has 102 valence electrons. The van der Waals surface area contributed by atoms with Crippen LogP contribution in [0, 0.1) is 0 Å². The highest BCUT2D eigenvalue weighted by molar-refractivity contribution is 7.93. The molecule has 0 fully saturated rings. The molecule has 1 N–H and O–H groups in total. The lowest BCUT2D eigenvalue weighted by atomic mass is 10.1. The predicted molar refractivity (Wildman–Crippen MR) is 70.3 cm³/mol. The van der Waals surface area contributed by atoms with Crippen molar-refractivity contribution in [1.29, 1.82) is 0 Å². The Morgan fingerprint density at radius 2 is 1.67 bits per heavy atom. The minimum Gasteiger partial charge on any atom is -0.319 e. The van der Waals surface area contributed by atoms with Gasteiger partial charge in [-0.15, -0.1) is 0 Å².